The van der Waals surface area contributed by atoms with Gasteiger partial charge < -0.3 is 14.5 Å². The highest BCUT2D eigenvalue weighted by Crippen LogP contribution is 2.44. The first-order valence-electron chi connectivity index (χ1n) is 12.3. The first-order valence-corrected chi connectivity index (χ1v) is 12.3. The molecule has 0 spiro atoms. The number of halogens is 1. The molecule has 7 nitrogen and oxygen atoms in total. The predicted molar refractivity (Wildman–Crippen MR) is 133 cm³/mol. The maximum atomic E-state index is 14.8. The Morgan fingerprint density at radius 1 is 1.06 bits per heavy atom. The third-order valence-electron chi connectivity index (χ3n) is 7.32. The highest BCUT2D eigenvalue weighted by atomic mass is 19.1. The summed E-state index contributed by atoms with van der Waals surface area (Å²) >= 11 is 0. The summed E-state index contributed by atoms with van der Waals surface area (Å²) in [6, 6.07) is 10.8. The van der Waals surface area contributed by atoms with Crippen molar-refractivity contribution in [2.24, 2.45) is 5.41 Å². The zero-order valence-electron chi connectivity index (χ0n) is 20.3. The van der Waals surface area contributed by atoms with Gasteiger partial charge in [-0.2, -0.15) is 0 Å². The number of benzene rings is 1. The van der Waals surface area contributed by atoms with Gasteiger partial charge in [-0.05, 0) is 48.2 Å². The molecule has 1 atom stereocenters. The lowest BCUT2D eigenvalue weighted by Gasteiger charge is -2.31. The van der Waals surface area contributed by atoms with E-state index in [9.17, 15) is 14.0 Å². The van der Waals surface area contributed by atoms with Crippen molar-refractivity contribution in [1.82, 2.24) is 9.97 Å². The Bertz CT molecular complexity index is 1370. The third kappa shape index (κ3) is 3.81. The molecule has 0 radical (unpaired) electrons. The lowest BCUT2D eigenvalue weighted by atomic mass is 9.90. The highest BCUT2D eigenvalue weighted by Gasteiger charge is 2.49. The van der Waals surface area contributed by atoms with Gasteiger partial charge in [0.1, 0.15) is 18.1 Å². The van der Waals surface area contributed by atoms with E-state index in [1.54, 1.807) is 18.5 Å². The minimum absolute atomic E-state index is 0.0323. The van der Waals surface area contributed by atoms with Crippen molar-refractivity contribution < 1.29 is 18.7 Å². The van der Waals surface area contributed by atoms with Crippen LogP contribution >= 0.6 is 0 Å². The molecular formula is C28H27FN4O3. The summed E-state index contributed by atoms with van der Waals surface area (Å²) < 4.78 is 20.6. The van der Waals surface area contributed by atoms with Crippen molar-refractivity contribution in [2.45, 2.75) is 45.6 Å². The molecule has 36 heavy (non-hydrogen) atoms. The van der Waals surface area contributed by atoms with E-state index in [0.29, 0.717) is 43.1 Å². The smallest absolute Gasteiger partial charge is 0.238 e. The molecule has 0 bridgehead atoms. The van der Waals surface area contributed by atoms with E-state index in [1.807, 2.05) is 43.0 Å². The van der Waals surface area contributed by atoms with Crippen LogP contribution in [0.5, 0.6) is 5.88 Å². The molecule has 0 N–H and O–H groups in total. The zero-order valence-corrected chi connectivity index (χ0v) is 20.3. The number of ether oxygens (including phenoxy) is 1. The average Bonchev–Trinajstić information content (AvgIpc) is 3.39. The van der Waals surface area contributed by atoms with Gasteiger partial charge in [0.15, 0.2) is 0 Å². The fourth-order valence-corrected chi connectivity index (χ4v) is 5.45. The van der Waals surface area contributed by atoms with E-state index in [1.165, 1.54) is 11.0 Å². The van der Waals surface area contributed by atoms with Crippen LogP contribution in [0, 0.1) is 11.2 Å². The molecule has 0 aliphatic carbocycles. The number of carbonyl (C=O) groups excluding carboxylic acids is 2. The molecule has 2 aromatic heterocycles. The largest absolute Gasteiger partial charge is 0.474 e. The summed E-state index contributed by atoms with van der Waals surface area (Å²) in [7, 11) is 0. The lowest BCUT2D eigenvalue weighted by molar-refractivity contribution is -0.124. The Kier molecular flexibility index (Phi) is 5.28. The van der Waals surface area contributed by atoms with E-state index >= 15 is 0 Å². The van der Waals surface area contributed by atoms with Crippen molar-refractivity contribution >= 4 is 23.2 Å². The minimum atomic E-state index is -0.412. The fourth-order valence-electron chi connectivity index (χ4n) is 5.45. The first-order chi connectivity index (χ1) is 17.3. The van der Waals surface area contributed by atoms with Gasteiger partial charge in [-0.25, -0.2) is 9.37 Å². The number of pyridine rings is 2. The SMILES string of the molecule is CC1(C)C[C@H]2COc3ncc(Cc4ccc(-c5ccc(N6CCCC6=O)c(F)c5)cn4)cc3N2C1=O. The van der Waals surface area contributed by atoms with E-state index in [2.05, 4.69) is 9.97 Å². The Balaban J connectivity index is 1.21. The fraction of sp³-hybridized carbons (Fsp3) is 0.357. The van der Waals surface area contributed by atoms with Crippen LogP contribution in [0.1, 0.15) is 44.4 Å². The van der Waals surface area contributed by atoms with Crippen LogP contribution in [0.2, 0.25) is 0 Å². The van der Waals surface area contributed by atoms with Gasteiger partial charge in [-0.3, -0.25) is 14.6 Å². The molecule has 184 valence electrons. The molecule has 3 aliphatic heterocycles. The predicted octanol–water partition coefficient (Wildman–Crippen LogP) is 4.52. The summed E-state index contributed by atoms with van der Waals surface area (Å²) in [5, 5.41) is 0. The third-order valence-corrected chi connectivity index (χ3v) is 7.32. The van der Waals surface area contributed by atoms with Crippen molar-refractivity contribution in [3.63, 3.8) is 0 Å². The van der Waals surface area contributed by atoms with Crippen LogP contribution in [0.4, 0.5) is 15.8 Å². The molecule has 2 amide bonds. The van der Waals surface area contributed by atoms with Crippen LogP contribution in [0.15, 0.2) is 48.8 Å². The summed E-state index contributed by atoms with van der Waals surface area (Å²) in [5.74, 6) is 0.146. The monoisotopic (exact) mass is 486 g/mol. The van der Waals surface area contributed by atoms with Crippen LogP contribution in [0.3, 0.4) is 0 Å². The van der Waals surface area contributed by atoms with Gasteiger partial charge in [0.25, 0.3) is 0 Å². The summed E-state index contributed by atoms with van der Waals surface area (Å²) in [6.45, 7) is 4.97. The number of aromatic nitrogens is 2. The van der Waals surface area contributed by atoms with E-state index in [4.69, 9.17) is 4.74 Å². The maximum absolute atomic E-state index is 14.8. The van der Waals surface area contributed by atoms with Gasteiger partial charge in [-0.1, -0.05) is 26.0 Å². The number of hydrogen-bond donors (Lipinski definition) is 0. The molecule has 2 fully saturated rings. The number of rotatable bonds is 4. The molecule has 0 saturated carbocycles. The second kappa shape index (κ2) is 8.40. The molecule has 5 heterocycles. The Morgan fingerprint density at radius 2 is 1.89 bits per heavy atom. The summed E-state index contributed by atoms with van der Waals surface area (Å²) in [5.41, 5.74) is 3.91. The molecule has 0 unspecified atom stereocenters. The van der Waals surface area contributed by atoms with Crippen LogP contribution in [-0.4, -0.2) is 41.0 Å². The average molecular weight is 487 g/mol. The summed E-state index contributed by atoms with van der Waals surface area (Å²) in [4.78, 5) is 37.4. The molecule has 3 aromatic rings. The van der Waals surface area contributed by atoms with Crippen molar-refractivity contribution in [2.75, 3.05) is 23.0 Å². The van der Waals surface area contributed by atoms with E-state index in [0.717, 1.165) is 35.3 Å². The normalized spacial score (nSPS) is 20.4. The highest BCUT2D eigenvalue weighted by molar-refractivity contribution is 6.01. The molecule has 3 aliphatic rings. The topological polar surface area (TPSA) is 75.6 Å². The Morgan fingerprint density at radius 3 is 2.61 bits per heavy atom. The van der Waals surface area contributed by atoms with Gasteiger partial charge in [0, 0.05) is 48.5 Å². The molecule has 2 saturated heterocycles. The van der Waals surface area contributed by atoms with Gasteiger partial charge >= 0.3 is 0 Å². The first kappa shape index (κ1) is 22.6. The van der Waals surface area contributed by atoms with E-state index < -0.39 is 11.2 Å². The van der Waals surface area contributed by atoms with Crippen molar-refractivity contribution in [1.29, 1.82) is 0 Å². The number of carbonyl (C=O) groups is 2. The number of anilines is 2. The molecule has 1 aromatic carbocycles. The molecule has 8 heteroatoms. The molecular weight excluding hydrogens is 459 g/mol. The molecule has 6 rings (SSSR count). The second-order valence-corrected chi connectivity index (χ2v) is 10.4. The summed E-state index contributed by atoms with van der Waals surface area (Å²) in [6.07, 6.45) is 6.00. The Labute approximate surface area is 208 Å². The lowest BCUT2D eigenvalue weighted by Crippen LogP contribution is -2.41. The number of nitrogens with zero attached hydrogens (tertiary/aromatic N) is 4. The maximum Gasteiger partial charge on any atom is 0.238 e. The minimum Gasteiger partial charge on any atom is -0.474 e. The van der Waals surface area contributed by atoms with Gasteiger partial charge in [0.05, 0.1) is 11.7 Å². The van der Waals surface area contributed by atoms with Gasteiger partial charge in [0.2, 0.25) is 17.7 Å². The quantitative estimate of drug-likeness (QED) is 0.542. The van der Waals surface area contributed by atoms with Crippen LogP contribution in [0.25, 0.3) is 11.1 Å². The number of amides is 2. The standard InChI is InChI=1S/C28H27FN4O3/c1-28(2)13-21-16-36-26-24(33(21)27(28)35)11-17(14-31-26)10-20-7-5-19(15-30-20)18-6-8-23(22(29)12-18)32-9-3-4-25(32)34/h5-8,11-12,14-15,21H,3-4,9-10,13,16H2,1-2H3/t21-/m0/s1. The second-order valence-electron chi connectivity index (χ2n) is 10.4. The Hall–Kier alpha value is -3.81. The van der Waals surface area contributed by atoms with Crippen LogP contribution < -0.4 is 14.5 Å². The van der Waals surface area contributed by atoms with Crippen LogP contribution in [-0.2, 0) is 16.0 Å². The van der Waals surface area contributed by atoms with Crippen molar-refractivity contribution in [3.8, 4) is 17.0 Å². The zero-order chi connectivity index (χ0) is 25.0. The number of fused-ring (bicyclic) bond motifs is 3. The van der Waals surface area contributed by atoms with E-state index in [-0.39, 0.29) is 17.9 Å². The van der Waals surface area contributed by atoms with Gasteiger partial charge in [-0.15, -0.1) is 0 Å². The number of hydrogen-bond acceptors (Lipinski definition) is 5. The van der Waals surface area contributed by atoms with Crippen molar-refractivity contribution in [3.05, 3.63) is 65.9 Å².